The highest BCUT2D eigenvalue weighted by Crippen LogP contribution is 2.42. The van der Waals surface area contributed by atoms with Crippen LogP contribution in [0.25, 0.3) is 65.4 Å². The molecule has 7 aromatic rings. The lowest BCUT2D eigenvalue weighted by Gasteiger charge is -2.36. The van der Waals surface area contributed by atoms with Gasteiger partial charge >= 0.3 is 0 Å². The molecule has 0 aliphatic carbocycles. The largest absolute Gasteiger partial charge is 0.456 e. The van der Waals surface area contributed by atoms with Crippen molar-refractivity contribution < 1.29 is 8.83 Å². The van der Waals surface area contributed by atoms with Crippen LogP contribution in [0, 0.1) is 23.7 Å². The number of hydrogen-bond acceptors (Lipinski definition) is 4. The number of fused-ring (bicyclic) bond motifs is 9. The summed E-state index contributed by atoms with van der Waals surface area (Å²) in [5.74, 6) is 2.89. The summed E-state index contributed by atoms with van der Waals surface area (Å²) >= 11 is 0. The maximum absolute atomic E-state index is 6.71. The van der Waals surface area contributed by atoms with Crippen molar-refractivity contribution in [3.8, 4) is 0 Å². The Bertz CT molecular complexity index is 2220. The SMILES string of the molecule is CC1CC(C)CN(c2ccc3cc4c(cc3c2)oc2c4ccc3oc4cc5cc(N6CC(C)CC(C)C6)ccc5cc4c32)C1. The molecule has 0 amide bonds. The third-order valence-electron chi connectivity index (χ3n) is 10.4. The van der Waals surface area contributed by atoms with Crippen molar-refractivity contribution in [1.82, 2.24) is 0 Å². The Morgan fingerprint density at radius 3 is 1.57 bits per heavy atom. The zero-order valence-electron chi connectivity index (χ0n) is 26.2. The van der Waals surface area contributed by atoms with E-state index in [-0.39, 0.29) is 0 Å². The summed E-state index contributed by atoms with van der Waals surface area (Å²) in [6.45, 7) is 14.0. The Balaban J connectivity index is 1.16. The summed E-state index contributed by atoms with van der Waals surface area (Å²) in [5.41, 5.74) is 6.26. The molecule has 222 valence electrons. The van der Waals surface area contributed by atoms with E-state index in [1.165, 1.54) is 45.8 Å². The molecule has 4 atom stereocenters. The summed E-state index contributed by atoms with van der Waals surface area (Å²) in [5, 5.41) is 9.42. The minimum Gasteiger partial charge on any atom is -0.456 e. The van der Waals surface area contributed by atoms with Crippen LogP contribution in [0.1, 0.15) is 40.5 Å². The van der Waals surface area contributed by atoms with Gasteiger partial charge in [0, 0.05) is 53.7 Å². The molecule has 4 heteroatoms. The zero-order chi connectivity index (χ0) is 29.7. The third kappa shape index (κ3) is 4.17. The second-order valence-corrected chi connectivity index (χ2v) is 14.5. The molecule has 4 unspecified atom stereocenters. The van der Waals surface area contributed by atoms with Gasteiger partial charge in [-0.2, -0.15) is 0 Å². The second-order valence-electron chi connectivity index (χ2n) is 14.5. The quantitative estimate of drug-likeness (QED) is 0.204. The van der Waals surface area contributed by atoms with Crippen LogP contribution in [0.2, 0.25) is 0 Å². The first-order valence-corrected chi connectivity index (χ1v) is 16.6. The Kier molecular flexibility index (Phi) is 5.76. The summed E-state index contributed by atoms with van der Waals surface area (Å²) in [7, 11) is 0. The highest BCUT2D eigenvalue weighted by Gasteiger charge is 2.24. The van der Waals surface area contributed by atoms with E-state index in [0.29, 0.717) is 0 Å². The van der Waals surface area contributed by atoms with Gasteiger partial charge in [0.15, 0.2) is 0 Å². The number of furan rings is 2. The second kappa shape index (κ2) is 9.66. The van der Waals surface area contributed by atoms with Crippen molar-refractivity contribution in [2.24, 2.45) is 23.7 Å². The van der Waals surface area contributed by atoms with E-state index in [2.05, 4.69) is 110 Å². The normalized spacial score (nSPS) is 23.3. The highest BCUT2D eigenvalue weighted by atomic mass is 16.3. The van der Waals surface area contributed by atoms with Crippen LogP contribution in [-0.2, 0) is 0 Å². The molecular formula is C40H40N2O2. The summed E-state index contributed by atoms with van der Waals surface area (Å²) in [6.07, 6.45) is 2.63. The van der Waals surface area contributed by atoms with Gasteiger partial charge in [-0.25, -0.2) is 0 Å². The van der Waals surface area contributed by atoms with Crippen molar-refractivity contribution in [2.45, 2.75) is 40.5 Å². The molecule has 2 aromatic heterocycles. The zero-order valence-corrected chi connectivity index (χ0v) is 26.2. The van der Waals surface area contributed by atoms with E-state index in [4.69, 9.17) is 8.83 Å². The van der Waals surface area contributed by atoms with E-state index in [0.717, 1.165) is 93.7 Å². The van der Waals surface area contributed by atoms with E-state index < -0.39 is 0 Å². The molecule has 4 nitrogen and oxygen atoms in total. The van der Waals surface area contributed by atoms with Crippen molar-refractivity contribution in [3.05, 3.63) is 72.8 Å². The van der Waals surface area contributed by atoms with Crippen molar-refractivity contribution >= 4 is 76.8 Å². The van der Waals surface area contributed by atoms with Crippen molar-refractivity contribution in [2.75, 3.05) is 36.0 Å². The molecule has 0 bridgehead atoms. The first kappa shape index (κ1) is 26.2. The summed E-state index contributed by atoms with van der Waals surface area (Å²) in [6, 6.07) is 27.2. The molecule has 0 spiro atoms. The first-order chi connectivity index (χ1) is 21.4. The van der Waals surface area contributed by atoms with E-state index >= 15 is 0 Å². The van der Waals surface area contributed by atoms with Crippen molar-refractivity contribution in [1.29, 1.82) is 0 Å². The fraction of sp³-hybridized carbons (Fsp3) is 0.350. The highest BCUT2D eigenvalue weighted by molar-refractivity contribution is 6.24. The average molecular weight is 581 g/mol. The monoisotopic (exact) mass is 580 g/mol. The van der Waals surface area contributed by atoms with Crippen LogP contribution in [0.3, 0.4) is 0 Å². The summed E-state index contributed by atoms with van der Waals surface area (Å²) in [4.78, 5) is 5.11. The molecule has 0 saturated carbocycles. The van der Waals surface area contributed by atoms with E-state index in [9.17, 15) is 0 Å². The lowest BCUT2D eigenvalue weighted by atomic mass is 9.91. The minimum atomic E-state index is 0.723. The Hall–Kier alpha value is -4.18. The molecule has 5 aromatic carbocycles. The fourth-order valence-corrected chi connectivity index (χ4v) is 8.70. The van der Waals surface area contributed by atoms with Gasteiger partial charge in [-0.15, -0.1) is 0 Å². The topological polar surface area (TPSA) is 32.8 Å². The third-order valence-corrected chi connectivity index (χ3v) is 10.4. The van der Waals surface area contributed by atoms with Gasteiger partial charge in [-0.3, -0.25) is 0 Å². The van der Waals surface area contributed by atoms with Crippen molar-refractivity contribution in [3.63, 3.8) is 0 Å². The van der Waals surface area contributed by atoms with Gasteiger partial charge in [-0.05, 0) is 119 Å². The number of nitrogens with zero attached hydrogens (tertiary/aromatic N) is 2. The molecular weight excluding hydrogens is 540 g/mol. The maximum Gasteiger partial charge on any atom is 0.147 e. The number of benzene rings is 5. The van der Waals surface area contributed by atoms with Gasteiger partial charge in [0.25, 0.3) is 0 Å². The van der Waals surface area contributed by atoms with E-state index in [1.54, 1.807) is 0 Å². The molecule has 2 aliphatic heterocycles. The first-order valence-electron chi connectivity index (χ1n) is 16.6. The number of rotatable bonds is 2. The molecule has 2 saturated heterocycles. The van der Waals surface area contributed by atoms with Crippen LogP contribution in [-0.4, -0.2) is 26.2 Å². The van der Waals surface area contributed by atoms with Gasteiger partial charge in [-0.1, -0.05) is 39.8 Å². The molecule has 0 radical (unpaired) electrons. The molecule has 2 aliphatic rings. The molecule has 0 N–H and O–H groups in total. The average Bonchev–Trinajstić information content (AvgIpc) is 3.54. The standard InChI is InChI=1S/C40H40N2O2/c1-23-11-24(2)20-41(19-23)31-7-5-27-15-34-33-9-10-36-39(40(33)44-37(34)17-29(27)13-31)35-16-28-6-8-32(14-30(28)18-38(35)43-36)42-21-25(3)12-26(4)22-42/h5-10,13-18,23-26H,11-12,19-22H2,1-4H3. The Labute approximate surface area is 258 Å². The molecule has 9 rings (SSSR count). The Morgan fingerprint density at radius 1 is 0.477 bits per heavy atom. The molecule has 4 heterocycles. The van der Waals surface area contributed by atoms with Crippen LogP contribution in [0.15, 0.2) is 81.6 Å². The molecule has 2 fully saturated rings. The van der Waals surface area contributed by atoms with Gasteiger partial charge in [0.1, 0.15) is 22.3 Å². The smallest absolute Gasteiger partial charge is 0.147 e. The van der Waals surface area contributed by atoms with Gasteiger partial charge < -0.3 is 18.6 Å². The van der Waals surface area contributed by atoms with Gasteiger partial charge in [0.2, 0.25) is 0 Å². The van der Waals surface area contributed by atoms with Crippen LogP contribution in [0.5, 0.6) is 0 Å². The van der Waals surface area contributed by atoms with Crippen LogP contribution < -0.4 is 9.80 Å². The maximum atomic E-state index is 6.71. The number of hydrogen-bond donors (Lipinski definition) is 0. The lowest BCUT2D eigenvalue weighted by molar-refractivity contribution is 0.357. The fourth-order valence-electron chi connectivity index (χ4n) is 8.70. The minimum absolute atomic E-state index is 0.723. The van der Waals surface area contributed by atoms with Crippen LogP contribution >= 0.6 is 0 Å². The Morgan fingerprint density at radius 2 is 1.00 bits per heavy atom. The lowest BCUT2D eigenvalue weighted by Crippen LogP contribution is -2.38. The predicted molar refractivity (Wildman–Crippen MR) is 186 cm³/mol. The molecule has 44 heavy (non-hydrogen) atoms. The van der Waals surface area contributed by atoms with Gasteiger partial charge in [0.05, 0.1) is 5.39 Å². The predicted octanol–water partition coefficient (Wildman–Crippen LogP) is 10.8. The number of anilines is 2. The van der Waals surface area contributed by atoms with Crippen LogP contribution in [0.4, 0.5) is 11.4 Å². The summed E-state index contributed by atoms with van der Waals surface area (Å²) < 4.78 is 13.2. The number of piperidine rings is 2. The van der Waals surface area contributed by atoms with E-state index in [1.807, 2.05) is 0 Å².